The van der Waals surface area contributed by atoms with Gasteiger partial charge in [-0.3, -0.25) is 4.72 Å². The van der Waals surface area contributed by atoms with Crippen LogP contribution in [0.2, 0.25) is 0 Å². The van der Waals surface area contributed by atoms with Crippen molar-refractivity contribution in [1.29, 1.82) is 0 Å². The monoisotopic (exact) mass is 313 g/mol. The molecule has 0 aromatic carbocycles. The molecule has 0 amide bonds. The average Bonchev–Trinajstić information content (AvgIpc) is 2.98. The lowest BCUT2D eigenvalue weighted by Crippen LogP contribution is -2.12. The molecule has 2 aromatic rings. The molecule has 0 saturated carbocycles. The summed E-state index contributed by atoms with van der Waals surface area (Å²) in [6, 6.07) is 3.67. The molecule has 2 aromatic heterocycles. The summed E-state index contributed by atoms with van der Waals surface area (Å²) in [5, 5.41) is 6.66. The van der Waals surface area contributed by atoms with Crippen LogP contribution in [0.4, 0.5) is 5.69 Å². The molecule has 0 bridgehead atoms. The maximum atomic E-state index is 12.4. The van der Waals surface area contributed by atoms with E-state index in [2.05, 4.69) is 10.0 Å². The van der Waals surface area contributed by atoms with E-state index in [9.17, 15) is 8.42 Å². The van der Waals surface area contributed by atoms with Gasteiger partial charge >= 0.3 is 0 Å². The van der Waals surface area contributed by atoms with Gasteiger partial charge in [-0.2, -0.15) is 11.3 Å². The summed E-state index contributed by atoms with van der Waals surface area (Å²) >= 11 is 1.45. The number of hydrogen-bond donors (Lipinski definition) is 2. The Bertz CT molecular complexity index is 658. The first-order chi connectivity index (χ1) is 9.44. The van der Waals surface area contributed by atoms with E-state index in [1.165, 1.54) is 11.3 Å². The van der Waals surface area contributed by atoms with Crippen LogP contribution in [0.5, 0.6) is 0 Å². The van der Waals surface area contributed by atoms with Gasteiger partial charge in [0.2, 0.25) is 0 Å². The van der Waals surface area contributed by atoms with E-state index in [1.54, 1.807) is 23.7 Å². The molecule has 0 aliphatic carbocycles. The lowest BCUT2D eigenvalue weighted by atomic mass is 10.3. The Morgan fingerprint density at radius 2 is 2.15 bits per heavy atom. The Balaban J connectivity index is 2.34. The highest BCUT2D eigenvalue weighted by Crippen LogP contribution is 2.22. The lowest BCUT2D eigenvalue weighted by Gasteiger charge is -2.11. The van der Waals surface area contributed by atoms with Gasteiger partial charge in [-0.15, -0.1) is 0 Å². The van der Waals surface area contributed by atoms with Crippen LogP contribution in [0.3, 0.4) is 0 Å². The smallest absolute Gasteiger partial charge is 0.263 e. The van der Waals surface area contributed by atoms with Crippen LogP contribution in [0.1, 0.15) is 25.6 Å². The average molecular weight is 313 g/mol. The minimum Gasteiger partial charge on any atom is -0.346 e. The van der Waals surface area contributed by atoms with Gasteiger partial charge in [0.05, 0.1) is 5.69 Å². The molecular weight excluding hydrogens is 294 g/mol. The summed E-state index contributed by atoms with van der Waals surface area (Å²) in [4.78, 5) is 0.294. The largest absolute Gasteiger partial charge is 0.346 e. The zero-order valence-corrected chi connectivity index (χ0v) is 13.4. The second-order valence-corrected chi connectivity index (χ2v) is 7.28. The molecule has 110 valence electrons. The summed E-state index contributed by atoms with van der Waals surface area (Å²) < 4.78 is 29.3. The summed E-state index contributed by atoms with van der Waals surface area (Å²) in [5.74, 6) is 0. The van der Waals surface area contributed by atoms with E-state index in [-0.39, 0.29) is 6.04 Å². The molecule has 0 atom stereocenters. The molecule has 5 nitrogen and oxygen atoms in total. The van der Waals surface area contributed by atoms with Crippen molar-refractivity contribution in [2.24, 2.45) is 0 Å². The molecule has 0 saturated heterocycles. The Kier molecular flexibility index (Phi) is 4.52. The number of sulfonamides is 1. The first-order valence-corrected chi connectivity index (χ1v) is 8.77. The third kappa shape index (κ3) is 3.23. The maximum absolute atomic E-state index is 12.4. The third-order valence-electron chi connectivity index (χ3n) is 2.90. The molecule has 0 aliphatic heterocycles. The van der Waals surface area contributed by atoms with E-state index < -0.39 is 10.0 Å². The Hall–Kier alpha value is -1.31. The highest BCUT2D eigenvalue weighted by Gasteiger charge is 2.19. The highest BCUT2D eigenvalue weighted by atomic mass is 32.2. The highest BCUT2D eigenvalue weighted by molar-refractivity contribution is 7.92. The number of thiophene rings is 1. The van der Waals surface area contributed by atoms with Gasteiger partial charge in [-0.05, 0) is 38.4 Å². The number of nitrogens with zero attached hydrogens (tertiary/aromatic N) is 1. The van der Waals surface area contributed by atoms with Crippen LogP contribution in [0, 0.1) is 0 Å². The predicted octanol–water partition coefficient (Wildman–Crippen LogP) is 2.65. The van der Waals surface area contributed by atoms with Crippen LogP contribution in [0.15, 0.2) is 34.0 Å². The van der Waals surface area contributed by atoms with Crippen molar-refractivity contribution in [2.45, 2.75) is 31.3 Å². The lowest BCUT2D eigenvalue weighted by molar-refractivity contribution is 0.562. The Morgan fingerprint density at radius 1 is 1.40 bits per heavy atom. The number of rotatable bonds is 6. The Labute approximate surface area is 123 Å². The standard InChI is InChI=1S/C13H19N3O2S2/c1-10(2)16-8-13(6-12(16)7-14-3)20(17,18)15-11-4-5-19-9-11/h4-6,8-10,14-15H,7H2,1-3H3. The molecule has 0 unspecified atom stereocenters. The zero-order chi connectivity index (χ0) is 14.8. The van der Waals surface area contributed by atoms with Crippen molar-refractivity contribution in [3.8, 4) is 0 Å². The van der Waals surface area contributed by atoms with Gasteiger partial charge in [-0.25, -0.2) is 8.42 Å². The molecule has 2 heterocycles. The minimum atomic E-state index is -3.53. The number of aromatic nitrogens is 1. The van der Waals surface area contributed by atoms with Gasteiger partial charge in [0, 0.05) is 29.9 Å². The first-order valence-electron chi connectivity index (χ1n) is 6.34. The Morgan fingerprint density at radius 3 is 2.70 bits per heavy atom. The van der Waals surface area contributed by atoms with Gasteiger partial charge < -0.3 is 9.88 Å². The first kappa shape index (κ1) is 15.1. The van der Waals surface area contributed by atoms with Crippen molar-refractivity contribution in [2.75, 3.05) is 11.8 Å². The van der Waals surface area contributed by atoms with Crippen LogP contribution in [-0.4, -0.2) is 20.0 Å². The quantitative estimate of drug-likeness (QED) is 0.862. The third-order valence-corrected chi connectivity index (χ3v) is 4.94. The molecule has 20 heavy (non-hydrogen) atoms. The summed E-state index contributed by atoms with van der Waals surface area (Å²) in [6.45, 7) is 4.69. The van der Waals surface area contributed by atoms with E-state index in [1.807, 2.05) is 30.8 Å². The predicted molar refractivity (Wildman–Crippen MR) is 82.7 cm³/mol. The van der Waals surface area contributed by atoms with Crippen LogP contribution < -0.4 is 10.0 Å². The van der Waals surface area contributed by atoms with E-state index in [0.717, 1.165) is 5.69 Å². The SMILES string of the molecule is CNCc1cc(S(=O)(=O)Nc2ccsc2)cn1C(C)C. The fourth-order valence-corrected chi connectivity index (χ4v) is 3.74. The normalized spacial score (nSPS) is 12.0. The molecular formula is C13H19N3O2S2. The summed E-state index contributed by atoms with van der Waals surface area (Å²) in [7, 11) is -1.69. The summed E-state index contributed by atoms with van der Waals surface area (Å²) in [5.41, 5.74) is 1.55. The van der Waals surface area contributed by atoms with Gasteiger partial charge in [-0.1, -0.05) is 0 Å². The molecule has 0 fully saturated rings. The molecule has 0 aliphatic rings. The van der Waals surface area contributed by atoms with Crippen LogP contribution in [-0.2, 0) is 16.6 Å². The van der Waals surface area contributed by atoms with Crippen LogP contribution in [0.25, 0.3) is 0 Å². The van der Waals surface area contributed by atoms with Crippen molar-refractivity contribution >= 4 is 27.0 Å². The number of anilines is 1. The molecule has 2 rings (SSSR count). The topological polar surface area (TPSA) is 63.1 Å². The van der Waals surface area contributed by atoms with Crippen molar-refractivity contribution < 1.29 is 8.42 Å². The van der Waals surface area contributed by atoms with Crippen molar-refractivity contribution in [3.63, 3.8) is 0 Å². The van der Waals surface area contributed by atoms with Gasteiger partial charge in [0.25, 0.3) is 10.0 Å². The van der Waals surface area contributed by atoms with Crippen LogP contribution >= 0.6 is 11.3 Å². The maximum Gasteiger partial charge on any atom is 0.263 e. The van der Waals surface area contributed by atoms with Gasteiger partial charge in [0.1, 0.15) is 4.90 Å². The fraction of sp³-hybridized carbons (Fsp3) is 0.385. The van der Waals surface area contributed by atoms with Crippen molar-refractivity contribution in [3.05, 3.63) is 34.8 Å². The van der Waals surface area contributed by atoms with E-state index in [4.69, 9.17) is 0 Å². The number of hydrogen-bond acceptors (Lipinski definition) is 4. The molecule has 2 N–H and O–H groups in total. The molecule has 0 radical (unpaired) electrons. The number of nitrogens with one attached hydrogen (secondary N) is 2. The summed E-state index contributed by atoms with van der Waals surface area (Å²) in [6.07, 6.45) is 1.69. The van der Waals surface area contributed by atoms with E-state index >= 15 is 0 Å². The van der Waals surface area contributed by atoms with E-state index in [0.29, 0.717) is 17.1 Å². The molecule has 0 spiro atoms. The van der Waals surface area contributed by atoms with Crippen molar-refractivity contribution in [1.82, 2.24) is 9.88 Å². The second kappa shape index (κ2) is 5.99. The molecule has 7 heteroatoms. The van der Waals surface area contributed by atoms with Gasteiger partial charge in [0.15, 0.2) is 0 Å². The zero-order valence-electron chi connectivity index (χ0n) is 11.8. The fourth-order valence-electron chi connectivity index (χ4n) is 1.98. The minimum absolute atomic E-state index is 0.212. The second-order valence-electron chi connectivity index (χ2n) is 4.82.